The molecule has 2 N–H and O–H groups in total. The van der Waals surface area contributed by atoms with Gasteiger partial charge >= 0.3 is 0 Å². The van der Waals surface area contributed by atoms with Gasteiger partial charge in [-0.3, -0.25) is 9.59 Å². The van der Waals surface area contributed by atoms with E-state index in [9.17, 15) is 18.0 Å². The van der Waals surface area contributed by atoms with Crippen LogP contribution in [-0.4, -0.2) is 73.1 Å². The molecule has 0 bridgehead atoms. The molecule has 0 saturated heterocycles. The third kappa shape index (κ3) is 3.95. The first kappa shape index (κ1) is 24.4. The Labute approximate surface area is 212 Å². The van der Waals surface area contributed by atoms with Gasteiger partial charge < -0.3 is 14.8 Å². The van der Waals surface area contributed by atoms with Gasteiger partial charge in [0, 0.05) is 31.2 Å². The molecule has 1 fully saturated rings. The minimum atomic E-state index is -3.76. The van der Waals surface area contributed by atoms with Crippen molar-refractivity contribution in [3.05, 3.63) is 58.4 Å². The molecule has 190 valence electrons. The summed E-state index contributed by atoms with van der Waals surface area (Å²) in [6, 6.07) is 7.11. The second kappa shape index (κ2) is 8.66. The lowest BCUT2D eigenvalue weighted by Gasteiger charge is -2.34. The van der Waals surface area contributed by atoms with Crippen molar-refractivity contribution in [1.82, 2.24) is 40.4 Å². The number of H-pyrrole nitrogens is 1. The fraction of sp³-hybridized carbons (Fsp3) is 0.455. The maximum atomic E-state index is 13.6. The number of nitrogens with one attached hydrogen (secondary N) is 2. The molecule has 0 atom stereocenters. The van der Waals surface area contributed by atoms with Crippen LogP contribution in [0.25, 0.3) is 0 Å². The quantitative estimate of drug-likeness (QED) is 0.440. The molecule has 0 spiro atoms. The highest BCUT2D eigenvalue weighted by molar-refractivity contribution is 7.94. The van der Waals surface area contributed by atoms with Crippen LogP contribution in [0.3, 0.4) is 0 Å². The number of hydrogen-bond donors (Lipinski definition) is 2. The number of nitrogens with zero attached hydrogens (tertiary/aromatic N) is 6. The van der Waals surface area contributed by atoms with Gasteiger partial charge in [-0.25, -0.2) is 18.5 Å². The number of rotatable bonds is 8. The third-order valence-electron chi connectivity index (χ3n) is 6.97. The molecular formula is C22H25ClN8O4S. The zero-order valence-corrected chi connectivity index (χ0v) is 21.3. The second-order valence-corrected chi connectivity index (χ2v) is 12.9. The van der Waals surface area contributed by atoms with Crippen molar-refractivity contribution in [3.63, 3.8) is 0 Å². The lowest BCUT2D eigenvalue weighted by molar-refractivity contribution is 0.0698. The van der Waals surface area contributed by atoms with E-state index in [0.717, 1.165) is 5.56 Å². The summed E-state index contributed by atoms with van der Waals surface area (Å²) in [6.07, 6.45) is 2.26. The Morgan fingerprint density at radius 3 is 2.58 bits per heavy atom. The smallest absolute Gasteiger partial charge is 0.287 e. The highest BCUT2D eigenvalue weighted by Gasteiger charge is 2.62. The van der Waals surface area contributed by atoms with Gasteiger partial charge in [0.15, 0.2) is 21.5 Å². The molecule has 0 radical (unpaired) electrons. The van der Waals surface area contributed by atoms with E-state index in [4.69, 9.17) is 11.6 Å². The van der Waals surface area contributed by atoms with Gasteiger partial charge in [0.2, 0.25) is 0 Å². The van der Waals surface area contributed by atoms with Crippen LogP contribution >= 0.6 is 11.6 Å². The normalized spacial score (nSPS) is 17.1. The van der Waals surface area contributed by atoms with Crippen LogP contribution in [-0.2, 0) is 27.7 Å². The second-order valence-electron chi connectivity index (χ2n) is 9.60. The van der Waals surface area contributed by atoms with Crippen LogP contribution in [0.1, 0.15) is 59.2 Å². The van der Waals surface area contributed by atoms with Crippen LogP contribution in [0, 0.1) is 0 Å². The summed E-state index contributed by atoms with van der Waals surface area (Å²) >= 11 is 5.90. The predicted octanol–water partition coefficient (Wildman–Crippen LogP) is 1.32. The summed E-state index contributed by atoms with van der Waals surface area (Å²) in [6.45, 7) is 4.06. The van der Waals surface area contributed by atoms with Gasteiger partial charge in [-0.1, -0.05) is 23.7 Å². The summed E-state index contributed by atoms with van der Waals surface area (Å²) in [5.74, 6) is -0.460. The van der Waals surface area contributed by atoms with Crippen LogP contribution in [0.4, 0.5) is 0 Å². The molecule has 1 aromatic carbocycles. The first-order valence-electron chi connectivity index (χ1n) is 11.4. The molecule has 14 heteroatoms. The van der Waals surface area contributed by atoms with Crippen LogP contribution < -0.4 is 5.32 Å². The molecule has 3 heterocycles. The van der Waals surface area contributed by atoms with Gasteiger partial charge in [-0.2, -0.15) is 0 Å². The number of fused-ring (bicyclic) bond motifs is 1. The zero-order valence-electron chi connectivity index (χ0n) is 19.7. The van der Waals surface area contributed by atoms with Gasteiger partial charge in [-0.05, 0) is 54.8 Å². The average molecular weight is 533 g/mol. The van der Waals surface area contributed by atoms with Crippen LogP contribution in [0.5, 0.6) is 0 Å². The Morgan fingerprint density at radius 1 is 1.22 bits per heavy atom. The van der Waals surface area contributed by atoms with Crippen molar-refractivity contribution in [1.29, 1.82) is 0 Å². The molecule has 1 aliphatic heterocycles. The van der Waals surface area contributed by atoms with Gasteiger partial charge in [0.1, 0.15) is 10.4 Å². The van der Waals surface area contributed by atoms with Crippen molar-refractivity contribution in [2.75, 3.05) is 13.1 Å². The van der Waals surface area contributed by atoms with Crippen molar-refractivity contribution >= 4 is 33.3 Å². The monoisotopic (exact) mass is 532 g/mol. The minimum Gasteiger partial charge on any atom is -0.345 e. The van der Waals surface area contributed by atoms with E-state index >= 15 is 0 Å². The lowest BCUT2D eigenvalue weighted by Crippen LogP contribution is -2.50. The number of sulfone groups is 1. The zero-order chi connectivity index (χ0) is 25.7. The molecule has 3 aromatic rings. The van der Waals surface area contributed by atoms with E-state index in [2.05, 4.69) is 30.9 Å². The Hall–Kier alpha value is -3.32. The van der Waals surface area contributed by atoms with E-state index in [-0.39, 0.29) is 42.9 Å². The van der Waals surface area contributed by atoms with Gasteiger partial charge in [0.05, 0.1) is 10.9 Å². The van der Waals surface area contributed by atoms with E-state index < -0.39 is 25.2 Å². The number of hydrogen-bond acceptors (Lipinski definition) is 8. The predicted molar refractivity (Wildman–Crippen MR) is 129 cm³/mol. The van der Waals surface area contributed by atoms with Crippen molar-refractivity contribution < 1.29 is 18.0 Å². The fourth-order valence-electron chi connectivity index (χ4n) is 4.53. The largest absolute Gasteiger partial charge is 0.345 e. The van der Waals surface area contributed by atoms with E-state index in [1.807, 2.05) is 12.1 Å². The Morgan fingerprint density at radius 2 is 1.94 bits per heavy atom. The van der Waals surface area contributed by atoms with Crippen LogP contribution in [0.2, 0.25) is 5.02 Å². The first-order chi connectivity index (χ1) is 17.1. The molecule has 2 aliphatic rings. The number of aromatic amines is 1. The van der Waals surface area contributed by atoms with Crippen molar-refractivity contribution in [2.24, 2.45) is 0 Å². The lowest BCUT2D eigenvalue weighted by atomic mass is 10.2. The Bertz CT molecular complexity index is 1410. The van der Waals surface area contributed by atoms with Crippen LogP contribution in [0.15, 0.2) is 30.5 Å². The average Bonchev–Trinajstić information content (AvgIpc) is 3.24. The van der Waals surface area contributed by atoms with Gasteiger partial charge in [0.25, 0.3) is 11.8 Å². The van der Waals surface area contributed by atoms with Gasteiger partial charge in [-0.15, -0.1) is 5.10 Å². The standard InChI is InChI=1S/C22H25ClN8O4S/c1-21(2,20-26-28-29-27-20)36(34,35)22(7-8-22)13-30-9-10-31-16(19(30)33)12-24-17(31)18(32)25-11-14-3-5-15(23)6-4-14/h3-6,12H,7-11,13H2,1-2H3,(H,25,32)(H,26,27,28,29). The molecular weight excluding hydrogens is 508 g/mol. The number of aromatic nitrogens is 6. The minimum absolute atomic E-state index is 0.0580. The number of tetrazole rings is 1. The molecule has 5 rings (SSSR count). The molecule has 2 amide bonds. The number of imidazole rings is 1. The Kier molecular flexibility index (Phi) is 5.86. The number of carbonyl (C=O) groups is 2. The molecule has 2 aromatic heterocycles. The molecule has 12 nitrogen and oxygen atoms in total. The number of amides is 2. The summed E-state index contributed by atoms with van der Waals surface area (Å²) in [5.41, 5.74) is 1.13. The van der Waals surface area contributed by atoms with E-state index in [1.165, 1.54) is 11.1 Å². The van der Waals surface area contributed by atoms with E-state index in [1.54, 1.807) is 30.5 Å². The SMILES string of the molecule is CC(C)(c1nnn[nH]1)S(=O)(=O)C1(CN2CCn3c(cnc3C(=O)NCc3ccc(Cl)cc3)C2=O)CC1. The van der Waals surface area contributed by atoms with E-state index in [0.29, 0.717) is 24.4 Å². The van der Waals surface area contributed by atoms with Crippen molar-refractivity contribution in [3.8, 4) is 0 Å². The molecule has 0 unspecified atom stereocenters. The summed E-state index contributed by atoms with van der Waals surface area (Å²) in [4.78, 5) is 31.7. The fourth-order valence-corrected chi connectivity index (χ4v) is 7.05. The summed E-state index contributed by atoms with van der Waals surface area (Å²) in [7, 11) is -3.76. The molecule has 1 saturated carbocycles. The molecule has 36 heavy (non-hydrogen) atoms. The van der Waals surface area contributed by atoms with Crippen molar-refractivity contribution in [2.45, 2.75) is 49.3 Å². The summed E-state index contributed by atoms with van der Waals surface area (Å²) in [5, 5.41) is 16.8. The Balaban J connectivity index is 1.30. The number of halogens is 1. The number of benzene rings is 1. The third-order valence-corrected chi connectivity index (χ3v) is 10.4. The maximum absolute atomic E-state index is 13.6. The highest BCUT2D eigenvalue weighted by atomic mass is 35.5. The number of carbonyl (C=O) groups excluding carboxylic acids is 2. The highest BCUT2D eigenvalue weighted by Crippen LogP contribution is 2.51. The molecule has 1 aliphatic carbocycles. The topological polar surface area (TPSA) is 156 Å². The first-order valence-corrected chi connectivity index (χ1v) is 13.3. The summed E-state index contributed by atoms with van der Waals surface area (Å²) < 4.78 is 26.4. The maximum Gasteiger partial charge on any atom is 0.287 e.